The molecule has 1 heterocycles. The van der Waals surface area contributed by atoms with Crippen molar-refractivity contribution < 1.29 is 36.6 Å². The second-order valence-corrected chi connectivity index (χ2v) is 6.43. The van der Waals surface area contributed by atoms with Crippen molar-refractivity contribution in [3.05, 3.63) is 70.0 Å². The normalized spacial score (nSPS) is 14.3. The van der Waals surface area contributed by atoms with Crippen molar-refractivity contribution in [2.45, 2.75) is 19.0 Å². The Morgan fingerprint density at radius 3 is 2.10 bits per heavy atom. The third kappa shape index (κ3) is 3.80. The number of halogens is 5. The van der Waals surface area contributed by atoms with Crippen molar-refractivity contribution in [3.63, 3.8) is 0 Å². The van der Waals surface area contributed by atoms with Crippen molar-refractivity contribution in [2.75, 3.05) is 13.2 Å². The lowest BCUT2D eigenvalue weighted by Crippen LogP contribution is -2.51. The highest BCUT2D eigenvalue weighted by Gasteiger charge is 2.33. The molecule has 3 rings (SSSR count). The van der Waals surface area contributed by atoms with Gasteiger partial charge in [-0.1, -0.05) is 24.3 Å². The highest BCUT2D eigenvalue weighted by Crippen LogP contribution is 2.23. The molecule has 1 atom stereocenters. The van der Waals surface area contributed by atoms with Crippen LogP contribution < -0.4 is 5.32 Å². The maximum atomic E-state index is 13.8. The molecule has 1 aliphatic heterocycles. The maximum absolute atomic E-state index is 13.8. The fraction of sp³-hybridized carbons (Fsp3) is 0.263. The zero-order valence-corrected chi connectivity index (χ0v) is 14.8. The Balaban J connectivity index is 1.80. The van der Waals surface area contributed by atoms with Crippen molar-refractivity contribution >= 4 is 11.8 Å². The summed E-state index contributed by atoms with van der Waals surface area (Å²) in [6.45, 7) is -0.479. The van der Waals surface area contributed by atoms with Gasteiger partial charge < -0.3 is 15.3 Å². The van der Waals surface area contributed by atoms with Gasteiger partial charge in [-0.2, -0.15) is 0 Å². The molecule has 0 fully saturated rings. The second-order valence-electron chi connectivity index (χ2n) is 6.43. The molecule has 2 amide bonds. The first-order chi connectivity index (χ1) is 13.8. The van der Waals surface area contributed by atoms with Crippen LogP contribution in [-0.2, 0) is 17.8 Å². The van der Waals surface area contributed by atoms with E-state index in [-0.39, 0.29) is 13.1 Å². The summed E-state index contributed by atoms with van der Waals surface area (Å²) in [5, 5.41) is 11.3. The smallest absolute Gasteiger partial charge is 0.258 e. The van der Waals surface area contributed by atoms with Crippen molar-refractivity contribution in [1.82, 2.24) is 10.2 Å². The molecule has 29 heavy (non-hydrogen) atoms. The van der Waals surface area contributed by atoms with E-state index in [0.717, 1.165) is 11.1 Å². The molecule has 0 aromatic heterocycles. The molecule has 0 bridgehead atoms. The van der Waals surface area contributed by atoms with Crippen LogP contribution in [0.25, 0.3) is 0 Å². The fourth-order valence-electron chi connectivity index (χ4n) is 3.12. The van der Waals surface area contributed by atoms with Crippen molar-refractivity contribution in [1.29, 1.82) is 0 Å². The first-order valence-corrected chi connectivity index (χ1v) is 8.55. The van der Waals surface area contributed by atoms with Gasteiger partial charge in [0.15, 0.2) is 23.3 Å². The molecule has 2 N–H and O–H groups in total. The maximum Gasteiger partial charge on any atom is 0.258 e. The Morgan fingerprint density at radius 1 is 0.966 bits per heavy atom. The number of benzene rings is 2. The van der Waals surface area contributed by atoms with E-state index >= 15 is 0 Å². The summed E-state index contributed by atoms with van der Waals surface area (Å²) in [6, 6.07) is 5.70. The number of rotatable bonds is 4. The van der Waals surface area contributed by atoms with E-state index in [1.54, 1.807) is 12.1 Å². The first kappa shape index (κ1) is 20.7. The summed E-state index contributed by atoms with van der Waals surface area (Å²) in [5.74, 6) is -14.1. The number of hydrogen-bond donors (Lipinski definition) is 2. The van der Waals surface area contributed by atoms with Crippen LogP contribution in [0, 0.1) is 29.1 Å². The number of nitrogens with zero attached hydrogens (tertiary/aromatic N) is 1. The third-order valence-corrected chi connectivity index (χ3v) is 4.67. The summed E-state index contributed by atoms with van der Waals surface area (Å²) in [7, 11) is 0. The van der Waals surface area contributed by atoms with Gasteiger partial charge in [0.25, 0.3) is 5.91 Å². The van der Waals surface area contributed by atoms with Gasteiger partial charge in [-0.3, -0.25) is 9.59 Å². The van der Waals surface area contributed by atoms with Gasteiger partial charge in [0, 0.05) is 13.1 Å². The molecular weight excluding hydrogens is 399 g/mol. The standard InChI is InChI=1S/C19H15F5N2O3/c20-13-12(14(21)16(23)17(24)15(13)22)18(28)25-11(8-27)19(29)26-6-5-9-3-1-2-4-10(9)7-26/h1-4,11,27H,5-8H2,(H,25,28)/t11-/m0/s1. The van der Waals surface area contributed by atoms with E-state index in [4.69, 9.17) is 0 Å². The molecule has 1 aliphatic rings. The average Bonchev–Trinajstić information content (AvgIpc) is 2.73. The molecule has 5 nitrogen and oxygen atoms in total. The van der Waals surface area contributed by atoms with E-state index in [9.17, 15) is 36.6 Å². The topological polar surface area (TPSA) is 69.6 Å². The molecule has 10 heteroatoms. The molecule has 2 aromatic rings. The Kier molecular flexibility index (Phi) is 5.83. The monoisotopic (exact) mass is 414 g/mol. The van der Waals surface area contributed by atoms with Gasteiger partial charge in [0.1, 0.15) is 11.6 Å². The number of fused-ring (bicyclic) bond motifs is 1. The number of aliphatic hydroxyl groups excluding tert-OH is 1. The van der Waals surface area contributed by atoms with Crippen molar-refractivity contribution in [2.24, 2.45) is 0 Å². The van der Waals surface area contributed by atoms with E-state index < -0.39 is 59.1 Å². The molecule has 0 saturated heterocycles. The lowest BCUT2D eigenvalue weighted by Gasteiger charge is -2.31. The van der Waals surface area contributed by atoms with Crippen LogP contribution in [0.5, 0.6) is 0 Å². The van der Waals surface area contributed by atoms with Crippen LogP contribution in [0.3, 0.4) is 0 Å². The zero-order valence-electron chi connectivity index (χ0n) is 14.8. The zero-order chi connectivity index (χ0) is 21.3. The van der Waals surface area contributed by atoms with E-state index in [0.29, 0.717) is 6.42 Å². The second kappa shape index (κ2) is 8.16. The van der Waals surface area contributed by atoms with Gasteiger partial charge in [-0.05, 0) is 17.5 Å². The number of hydrogen-bond acceptors (Lipinski definition) is 3. The molecule has 0 radical (unpaired) electrons. The molecule has 0 unspecified atom stereocenters. The Morgan fingerprint density at radius 2 is 1.52 bits per heavy atom. The predicted molar refractivity (Wildman–Crippen MR) is 90.1 cm³/mol. The Hall–Kier alpha value is -3.01. The Bertz CT molecular complexity index is 954. The summed E-state index contributed by atoms with van der Waals surface area (Å²) in [4.78, 5) is 26.1. The van der Waals surface area contributed by atoms with Crippen molar-refractivity contribution in [3.8, 4) is 0 Å². The van der Waals surface area contributed by atoms with E-state index in [1.165, 1.54) is 4.90 Å². The first-order valence-electron chi connectivity index (χ1n) is 8.55. The molecular formula is C19H15F5N2O3. The van der Waals surface area contributed by atoms with Gasteiger partial charge in [-0.25, -0.2) is 22.0 Å². The minimum atomic E-state index is -2.40. The lowest BCUT2D eigenvalue weighted by molar-refractivity contribution is -0.135. The number of carbonyl (C=O) groups is 2. The van der Waals surface area contributed by atoms with Gasteiger partial charge in [0.2, 0.25) is 11.7 Å². The molecule has 2 aromatic carbocycles. The van der Waals surface area contributed by atoms with Crippen LogP contribution in [0.2, 0.25) is 0 Å². The minimum absolute atomic E-state index is 0.184. The minimum Gasteiger partial charge on any atom is -0.394 e. The SMILES string of the molecule is O=C(N[C@@H](CO)C(=O)N1CCc2ccccc2C1)c1c(F)c(F)c(F)c(F)c1F. The van der Waals surface area contributed by atoms with Crippen LogP contribution in [0.4, 0.5) is 22.0 Å². The van der Waals surface area contributed by atoms with Crippen LogP contribution in [0.1, 0.15) is 21.5 Å². The van der Waals surface area contributed by atoms with Crippen LogP contribution in [-0.4, -0.2) is 41.0 Å². The molecule has 154 valence electrons. The largest absolute Gasteiger partial charge is 0.394 e. The van der Waals surface area contributed by atoms with E-state index in [2.05, 4.69) is 0 Å². The number of carbonyl (C=O) groups excluding carboxylic acids is 2. The molecule has 0 saturated carbocycles. The fourth-order valence-corrected chi connectivity index (χ4v) is 3.12. The third-order valence-electron chi connectivity index (χ3n) is 4.67. The number of nitrogens with one attached hydrogen (secondary N) is 1. The quantitative estimate of drug-likeness (QED) is 0.457. The van der Waals surface area contributed by atoms with Gasteiger partial charge in [0.05, 0.1) is 6.61 Å². The highest BCUT2D eigenvalue weighted by atomic mass is 19.2. The molecule has 0 aliphatic carbocycles. The van der Waals surface area contributed by atoms with Crippen LogP contribution >= 0.6 is 0 Å². The number of aliphatic hydroxyl groups is 1. The van der Waals surface area contributed by atoms with Gasteiger partial charge in [-0.15, -0.1) is 0 Å². The lowest BCUT2D eigenvalue weighted by atomic mass is 9.99. The highest BCUT2D eigenvalue weighted by molar-refractivity contribution is 5.98. The summed E-state index contributed by atoms with van der Waals surface area (Å²) in [6.07, 6.45) is 0.519. The predicted octanol–water partition coefficient (Wildman–Crippen LogP) is 2.06. The number of amides is 2. The Labute approximate surface area is 161 Å². The summed E-state index contributed by atoms with van der Waals surface area (Å²) in [5.41, 5.74) is 0.161. The summed E-state index contributed by atoms with van der Waals surface area (Å²) >= 11 is 0. The molecule has 0 spiro atoms. The van der Waals surface area contributed by atoms with Gasteiger partial charge >= 0.3 is 0 Å². The summed E-state index contributed by atoms with van der Waals surface area (Å²) < 4.78 is 67.3. The van der Waals surface area contributed by atoms with Crippen LogP contribution in [0.15, 0.2) is 24.3 Å². The van der Waals surface area contributed by atoms with E-state index in [1.807, 2.05) is 17.4 Å². The average molecular weight is 414 g/mol.